The zero-order chi connectivity index (χ0) is 10.2. The van der Waals surface area contributed by atoms with Crippen molar-refractivity contribution in [3.05, 3.63) is 23.8 Å². The van der Waals surface area contributed by atoms with E-state index in [1.54, 1.807) is 14.2 Å². The van der Waals surface area contributed by atoms with Crippen molar-refractivity contribution in [3.63, 3.8) is 0 Å². The lowest BCUT2D eigenvalue weighted by Gasteiger charge is -2.17. The highest BCUT2D eigenvalue weighted by atomic mass is 16.5. The summed E-state index contributed by atoms with van der Waals surface area (Å²) in [6.45, 7) is 2.26. The molecule has 1 aromatic rings. The molecule has 0 radical (unpaired) electrons. The molecule has 14 heavy (non-hydrogen) atoms. The Morgan fingerprint density at radius 1 is 1.07 bits per heavy atom. The van der Waals surface area contributed by atoms with Gasteiger partial charge in [-0.3, -0.25) is 0 Å². The number of hydrogen-bond donors (Lipinski definition) is 0. The maximum absolute atomic E-state index is 5.37. The van der Waals surface area contributed by atoms with Crippen molar-refractivity contribution in [1.82, 2.24) is 0 Å². The van der Waals surface area contributed by atoms with Crippen LogP contribution in [-0.2, 0) is 5.41 Å². The van der Waals surface area contributed by atoms with Crippen molar-refractivity contribution in [3.8, 4) is 11.5 Å². The molecule has 1 saturated carbocycles. The highest BCUT2D eigenvalue weighted by Gasteiger charge is 2.43. The lowest BCUT2D eigenvalue weighted by atomic mass is 9.96. The van der Waals surface area contributed by atoms with Gasteiger partial charge < -0.3 is 9.47 Å². The molecule has 1 aliphatic rings. The summed E-state index contributed by atoms with van der Waals surface area (Å²) in [4.78, 5) is 0. The van der Waals surface area contributed by atoms with Crippen LogP contribution in [-0.4, -0.2) is 14.2 Å². The fourth-order valence-electron chi connectivity index (χ4n) is 1.88. The Morgan fingerprint density at radius 2 is 1.57 bits per heavy atom. The summed E-state index contributed by atoms with van der Waals surface area (Å²) in [5.74, 6) is 1.90. The van der Waals surface area contributed by atoms with Crippen molar-refractivity contribution < 1.29 is 9.47 Å². The molecule has 0 heterocycles. The van der Waals surface area contributed by atoms with Crippen LogP contribution in [0.1, 0.15) is 25.3 Å². The fourth-order valence-corrected chi connectivity index (χ4v) is 1.88. The van der Waals surface area contributed by atoms with Gasteiger partial charge in [0.15, 0.2) is 0 Å². The first-order chi connectivity index (χ1) is 6.71. The molecule has 2 nitrogen and oxygen atoms in total. The Balaban J connectivity index is 2.52. The molecule has 0 N–H and O–H groups in total. The predicted molar refractivity (Wildman–Crippen MR) is 56.1 cm³/mol. The maximum atomic E-state index is 5.37. The second-order valence-electron chi connectivity index (χ2n) is 4.10. The van der Waals surface area contributed by atoms with Gasteiger partial charge in [0.25, 0.3) is 0 Å². The highest BCUT2D eigenvalue weighted by Crippen LogP contribution is 2.54. The molecule has 2 rings (SSSR count). The van der Waals surface area contributed by atoms with Gasteiger partial charge in [0, 0.05) is 5.56 Å². The molecule has 0 saturated heterocycles. The summed E-state index contributed by atoms with van der Waals surface area (Å²) in [6.07, 6.45) is 2.45. The summed E-state index contributed by atoms with van der Waals surface area (Å²) >= 11 is 0. The third kappa shape index (κ3) is 1.35. The summed E-state index contributed by atoms with van der Waals surface area (Å²) in [6, 6.07) is 5.97. The number of rotatable bonds is 3. The quantitative estimate of drug-likeness (QED) is 0.733. The molecule has 0 atom stereocenters. The molecule has 1 aliphatic carbocycles. The molecule has 0 bridgehead atoms. The molecule has 0 aliphatic heterocycles. The van der Waals surface area contributed by atoms with E-state index in [1.807, 2.05) is 18.2 Å². The lowest BCUT2D eigenvalue weighted by molar-refractivity contribution is 0.378. The molecule has 2 heteroatoms. The minimum Gasteiger partial charge on any atom is -0.496 e. The monoisotopic (exact) mass is 192 g/mol. The van der Waals surface area contributed by atoms with E-state index in [-0.39, 0.29) is 5.41 Å². The van der Waals surface area contributed by atoms with E-state index in [2.05, 4.69) is 6.92 Å². The van der Waals surface area contributed by atoms with Gasteiger partial charge in [0.05, 0.1) is 14.2 Å². The van der Waals surface area contributed by atoms with Crippen LogP contribution in [0.2, 0.25) is 0 Å². The van der Waals surface area contributed by atoms with Crippen molar-refractivity contribution >= 4 is 0 Å². The molecule has 1 fully saturated rings. The summed E-state index contributed by atoms with van der Waals surface area (Å²) < 4.78 is 10.7. The van der Waals surface area contributed by atoms with Crippen molar-refractivity contribution in [1.29, 1.82) is 0 Å². The normalized spacial score (nSPS) is 17.6. The van der Waals surface area contributed by atoms with E-state index in [0.717, 1.165) is 11.5 Å². The van der Waals surface area contributed by atoms with Crippen LogP contribution in [0.4, 0.5) is 0 Å². The fraction of sp³-hybridized carbons (Fsp3) is 0.500. The third-order valence-electron chi connectivity index (χ3n) is 3.03. The first-order valence-corrected chi connectivity index (χ1v) is 4.93. The van der Waals surface area contributed by atoms with Gasteiger partial charge in [0.2, 0.25) is 0 Å². The number of benzene rings is 1. The van der Waals surface area contributed by atoms with Gasteiger partial charge in [-0.2, -0.15) is 0 Å². The van der Waals surface area contributed by atoms with E-state index < -0.39 is 0 Å². The van der Waals surface area contributed by atoms with E-state index in [0.29, 0.717) is 0 Å². The van der Waals surface area contributed by atoms with Gasteiger partial charge >= 0.3 is 0 Å². The topological polar surface area (TPSA) is 18.5 Å². The Bertz CT molecular complexity index is 318. The van der Waals surface area contributed by atoms with Gasteiger partial charge in [-0.05, 0) is 30.4 Å². The maximum Gasteiger partial charge on any atom is 0.126 e. The van der Waals surface area contributed by atoms with Crippen LogP contribution < -0.4 is 9.47 Å². The van der Waals surface area contributed by atoms with Crippen molar-refractivity contribution in [2.24, 2.45) is 0 Å². The molecule has 0 amide bonds. The third-order valence-corrected chi connectivity index (χ3v) is 3.03. The Hall–Kier alpha value is -1.18. The zero-order valence-corrected chi connectivity index (χ0v) is 8.96. The first-order valence-electron chi connectivity index (χ1n) is 4.93. The minimum absolute atomic E-state index is 0.276. The molecular formula is C12H16O2. The zero-order valence-electron chi connectivity index (χ0n) is 8.96. The van der Waals surface area contributed by atoms with Crippen LogP contribution in [0.25, 0.3) is 0 Å². The Morgan fingerprint density at radius 3 is 1.93 bits per heavy atom. The van der Waals surface area contributed by atoms with Crippen LogP contribution in [0.15, 0.2) is 18.2 Å². The Labute approximate surface area is 84.8 Å². The SMILES string of the molecule is COc1cccc(OC)c1C1(C)CC1. The second kappa shape index (κ2) is 3.19. The van der Waals surface area contributed by atoms with Crippen LogP contribution in [0, 0.1) is 0 Å². The average molecular weight is 192 g/mol. The van der Waals surface area contributed by atoms with Crippen molar-refractivity contribution in [2.45, 2.75) is 25.2 Å². The number of methoxy groups -OCH3 is 2. The minimum atomic E-state index is 0.276. The largest absolute Gasteiger partial charge is 0.496 e. The van der Waals surface area contributed by atoms with Gasteiger partial charge in [0.1, 0.15) is 11.5 Å². The molecule has 1 aromatic carbocycles. The summed E-state index contributed by atoms with van der Waals surface area (Å²) in [5.41, 5.74) is 1.50. The van der Waals surface area contributed by atoms with Gasteiger partial charge in [-0.1, -0.05) is 13.0 Å². The lowest BCUT2D eigenvalue weighted by Crippen LogP contribution is -2.05. The number of hydrogen-bond acceptors (Lipinski definition) is 2. The van der Waals surface area contributed by atoms with E-state index in [9.17, 15) is 0 Å². The van der Waals surface area contributed by atoms with E-state index in [4.69, 9.17) is 9.47 Å². The Kier molecular flexibility index (Phi) is 2.14. The van der Waals surface area contributed by atoms with Gasteiger partial charge in [-0.25, -0.2) is 0 Å². The molecule has 0 unspecified atom stereocenters. The molecule has 0 spiro atoms. The van der Waals surface area contributed by atoms with Crippen LogP contribution in [0.3, 0.4) is 0 Å². The van der Waals surface area contributed by atoms with E-state index >= 15 is 0 Å². The molecule has 76 valence electrons. The van der Waals surface area contributed by atoms with E-state index in [1.165, 1.54) is 18.4 Å². The van der Waals surface area contributed by atoms with Crippen LogP contribution >= 0.6 is 0 Å². The standard InChI is InChI=1S/C12H16O2/c1-12(7-8-12)11-9(13-2)5-4-6-10(11)14-3/h4-6H,7-8H2,1-3H3. The second-order valence-corrected chi connectivity index (χ2v) is 4.10. The number of ether oxygens (including phenoxy) is 2. The highest BCUT2D eigenvalue weighted by molar-refractivity contribution is 5.51. The molecular weight excluding hydrogens is 176 g/mol. The first kappa shape index (κ1) is 9.38. The predicted octanol–water partition coefficient (Wildman–Crippen LogP) is 2.76. The molecule has 0 aromatic heterocycles. The summed E-state index contributed by atoms with van der Waals surface area (Å²) in [7, 11) is 3.42. The summed E-state index contributed by atoms with van der Waals surface area (Å²) in [5, 5.41) is 0. The smallest absolute Gasteiger partial charge is 0.126 e. The van der Waals surface area contributed by atoms with Crippen LogP contribution in [0.5, 0.6) is 11.5 Å². The average Bonchev–Trinajstić information content (AvgIpc) is 2.96. The van der Waals surface area contributed by atoms with Gasteiger partial charge in [-0.15, -0.1) is 0 Å². The van der Waals surface area contributed by atoms with Crippen molar-refractivity contribution in [2.75, 3.05) is 14.2 Å².